The van der Waals surface area contributed by atoms with Crippen LogP contribution in [0.2, 0.25) is 0 Å². The van der Waals surface area contributed by atoms with Crippen LogP contribution >= 0.6 is 11.8 Å². The zero-order valence-electron chi connectivity index (χ0n) is 18.9. The first-order chi connectivity index (χ1) is 15.2. The Kier molecular flexibility index (Phi) is 8.21. The third kappa shape index (κ3) is 6.25. The molecule has 0 unspecified atom stereocenters. The molecule has 3 rings (SSSR count). The molecule has 1 fully saturated rings. The Balaban J connectivity index is 1.79. The molecule has 1 amide bonds. The van der Waals surface area contributed by atoms with Crippen LogP contribution in [0.4, 0.5) is 5.69 Å². The molecule has 0 radical (unpaired) electrons. The lowest BCUT2D eigenvalue weighted by molar-refractivity contribution is -0.113. The summed E-state index contributed by atoms with van der Waals surface area (Å²) in [5.74, 6) is 0.404. The van der Waals surface area contributed by atoms with Gasteiger partial charge in [0.05, 0.1) is 35.7 Å². The van der Waals surface area contributed by atoms with Gasteiger partial charge >= 0.3 is 0 Å². The number of amides is 1. The predicted molar refractivity (Wildman–Crippen MR) is 127 cm³/mol. The highest BCUT2D eigenvalue weighted by molar-refractivity contribution is 8.00. The summed E-state index contributed by atoms with van der Waals surface area (Å²) in [4.78, 5) is 13.9. The van der Waals surface area contributed by atoms with Crippen LogP contribution in [0.1, 0.15) is 25.0 Å². The van der Waals surface area contributed by atoms with E-state index in [1.54, 1.807) is 6.07 Å². The number of rotatable bonds is 8. The summed E-state index contributed by atoms with van der Waals surface area (Å²) < 4.78 is 38.6. The molecule has 7 nitrogen and oxygen atoms in total. The van der Waals surface area contributed by atoms with E-state index in [0.717, 1.165) is 10.5 Å². The summed E-state index contributed by atoms with van der Waals surface area (Å²) in [5, 5.41) is 2.84. The van der Waals surface area contributed by atoms with Gasteiger partial charge in [-0.3, -0.25) is 4.79 Å². The Labute approximate surface area is 194 Å². The predicted octanol–water partition coefficient (Wildman–Crippen LogP) is 3.84. The van der Waals surface area contributed by atoms with E-state index in [9.17, 15) is 13.2 Å². The van der Waals surface area contributed by atoms with Crippen LogP contribution in [0, 0.1) is 13.8 Å². The largest absolute Gasteiger partial charge is 0.489 e. The fourth-order valence-corrected chi connectivity index (χ4v) is 5.60. The summed E-state index contributed by atoms with van der Waals surface area (Å²) >= 11 is 1.44. The van der Waals surface area contributed by atoms with Gasteiger partial charge in [-0.1, -0.05) is 17.7 Å². The van der Waals surface area contributed by atoms with Gasteiger partial charge in [-0.05, 0) is 57.5 Å². The highest BCUT2D eigenvalue weighted by atomic mass is 32.2. The molecule has 0 bridgehead atoms. The lowest BCUT2D eigenvalue weighted by Crippen LogP contribution is -2.40. The third-order valence-corrected chi connectivity index (χ3v) is 7.96. The van der Waals surface area contributed by atoms with E-state index in [1.165, 1.54) is 33.8 Å². The van der Waals surface area contributed by atoms with Gasteiger partial charge in [0.2, 0.25) is 15.9 Å². The number of morpholine rings is 1. The molecule has 0 atom stereocenters. The molecular weight excluding hydrogens is 448 g/mol. The molecule has 0 aliphatic carbocycles. The second-order valence-corrected chi connectivity index (χ2v) is 10.9. The number of benzene rings is 2. The average molecular weight is 479 g/mol. The highest BCUT2D eigenvalue weighted by Gasteiger charge is 2.27. The third-order valence-electron chi connectivity index (χ3n) is 4.88. The SMILES string of the molecule is Cc1ccc(SCC(=O)Nc2cc(S(=O)(=O)N3CCOCC3)ccc2OC(C)C)c(C)c1. The maximum Gasteiger partial charge on any atom is 0.243 e. The summed E-state index contributed by atoms with van der Waals surface area (Å²) in [7, 11) is -3.69. The van der Waals surface area contributed by atoms with Crippen molar-refractivity contribution >= 4 is 33.4 Å². The first-order valence-electron chi connectivity index (χ1n) is 10.6. The van der Waals surface area contributed by atoms with E-state index in [1.807, 2.05) is 39.8 Å². The molecule has 1 aliphatic rings. The van der Waals surface area contributed by atoms with Crippen LogP contribution in [0.15, 0.2) is 46.2 Å². The maximum absolute atomic E-state index is 13.0. The molecule has 1 aliphatic heterocycles. The van der Waals surface area contributed by atoms with Crippen molar-refractivity contribution in [1.82, 2.24) is 4.31 Å². The average Bonchev–Trinajstić information content (AvgIpc) is 2.74. The molecular formula is C23H30N2O5S2. The smallest absolute Gasteiger partial charge is 0.243 e. The summed E-state index contributed by atoms with van der Waals surface area (Å²) in [6.07, 6.45) is -0.128. The Morgan fingerprint density at radius 3 is 2.53 bits per heavy atom. The van der Waals surface area contributed by atoms with Crippen molar-refractivity contribution in [3.63, 3.8) is 0 Å². The Morgan fingerprint density at radius 2 is 1.88 bits per heavy atom. The van der Waals surface area contributed by atoms with E-state index in [2.05, 4.69) is 11.4 Å². The van der Waals surface area contributed by atoms with Gasteiger partial charge in [0.25, 0.3) is 0 Å². The minimum Gasteiger partial charge on any atom is -0.489 e. The fourth-order valence-electron chi connectivity index (χ4n) is 3.35. The number of carbonyl (C=O) groups excluding carboxylic acids is 1. The van der Waals surface area contributed by atoms with Gasteiger partial charge in [-0.2, -0.15) is 4.31 Å². The van der Waals surface area contributed by atoms with Gasteiger partial charge in [-0.25, -0.2) is 8.42 Å². The number of anilines is 1. The molecule has 1 saturated heterocycles. The second-order valence-electron chi connectivity index (χ2n) is 7.95. The van der Waals surface area contributed by atoms with Gasteiger partial charge in [-0.15, -0.1) is 11.8 Å². The van der Waals surface area contributed by atoms with Crippen molar-refractivity contribution in [3.05, 3.63) is 47.5 Å². The Bertz CT molecular complexity index is 1060. The van der Waals surface area contributed by atoms with Crippen molar-refractivity contribution in [1.29, 1.82) is 0 Å². The lowest BCUT2D eigenvalue weighted by Gasteiger charge is -2.26. The van der Waals surface area contributed by atoms with E-state index >= 15 is 0 Å². The van der Waals surface area contributed by atoms with Crippen molar-refractivity contribution in [3.8, 4) is 5.75 Å². The van der Waals surface area contributed by atoms with Gasteiger partial charge in [0, 0.05) is 18.0 Å². The molecule has 1 N–H and O–H groups in total. The van der Waals surface area contributed by atoms with E-state index in [-0.39, 0.29) is 22.7 Å². The maximum atomic E-state index is 13.0. The van der Waals surface area contributed by atoms with Crippen molar-refractivity contribution < 1.29 is 22.7 Å². The van der Waals surface area contributed by atoms with Gasteiger partial charge in [0.15, 0.2) is 0 Å². The summed E-state index contributed by atoms with van der Waals surface area (Å²) in [6, 6.07) is 10.7. The van der Waals surface area contributed by atoms with Crippen LogP contribution in [0.25, 0.3) is 0 Å². The van der Waals surface area contributed by atoms with Gasteiger partial charge < -0.3 is 14.8 Å². The van der Waals surface area contributed by atoms with Crippen LogP contribution in [-0.2, 0) is 19.6 Å². The standard InChI is InChI=1S/C23H30N2O5S2/c1-16(2)30-21-7-6-19(32(27,28)25-9-11-29-12-10-25)14-20(21)24-23(26)15-31-22-8-5-17(3)13-18(22)4/h5-8,13-14,16H,9-12,15H2,1-4H3,(H,24,26). The highest BCUT2D eigenvalue weighted by Crippen LogP contribution is 2.31. The first-order valence-corrected chi connectivity index (χ1v) is 13.0. The van der Waals surface area contributed by atoms with Crippen molar-refractivity contribution in [2.45, 2.75) is 43.6 Å². The lowest BCUT2D eigenvalue weighted by atomic mass is 10.2. The van der Waals surface area contributed by atoms with Crippen molar-refractivity contribution in [2.24, 2.45) is 0 Å². The second kappa shape index (κ2) is 10.7. The summed E-state index contributed by atoms with van der Waals surface area (Å²) in [6.45, 7) is 9.14. The fraction of sp³-hybridized carbons (Fsp3) is 0.435. The Hall–Kier alpha value is -2.07. The first kappa shape index (κ1) is 24.6. The molecule has 32 heavy (non-hydrogen) atoms. The number of aryl methyl sites for hydroxylation is 2. The molecule has 2 aromatic carbocycles. The van der Waals surface area contributed by atoms with Crippen LogP contribution < -0.4 is 10.1 Å². The number of hydrogen-bond acceptors (Lipinski definition) is 6. The van der Waals surface area contributed by atoms with E-state index in [0.29, 0.717) is 37.7 Å². The van der Waals surface area contributed by atoms with E-state index < -0.39 is 10.0 Å². The number of carbonyl (C=O) groups is 1. The minimum absolute atomic E-state index is 0.118. The molecule has 9 heteroatoms. The number of hydrogen-bond donors (Lipinski definition) is 1. The number of nitrogens with zero attached hydrogens (tertiary/aromatic N) is 1. The molecule has 0 spiro atoms. The monoisotopic (exact) mass is 478 g/mol. The van der Waals surface area contributed by atoms with Crippen molar-refractivity contribution in [2.75, 3.05) is 37.4 Å². The number of ether oxygens (including phenoxy) is 2. The normalized spacial score (nSPS) is 15.0. The Morgan fingerprint density at radius 1 is 1.16 bits per heavy atom. The zero-order valence-corrected chi connectivity index (χ0v) is 20.5. The van der Waals surface area contributed by atoms with E-state index in [4.69, 9.17) is 9.47 Å². The van der Waals surface area contributed by atoms with Crippen LogP contribution in [0.5, 0.6) is 5.75 Å². The topological polar surface area (TPSA) is 84.9 Å². The van der Waals surface area contributed by atoms with Crippen LogP contribution in [-0.4, -0.2) is 56.8 Å². The molecule has 0 saturated carbocycles. The van der Waals surface area contributed by atoms with Gasteiger partial charge in [0.1, 0.15) is 5.75 Å². The molecule has 2 aromatic rings. The quantitative estimate of drug-likeness (QED) is 0.581. The molecule has 174 valence electrons. The minimum atomic E-state index is -3.69. The molecule has 1 heterocycles. The number of nitrogens with one attached hydrogen (secondary N) is 1. The number of sulfonamides is 1. The molecule has 0 aromatic heterocycles. The summed E-state index contributed by atoms with van der Waals surface area (Å²) in [5.41, 5.74) is 2.63. The number of thioether (sulfide) groups is 1. The van der Waals surface area contributed by atoms with Crippen LogP contribution in [0.3, 0.4) is 0 Å². The zero-order chi connectivity index (χ0) is 23.3.